The fourth-order valence-electron chi connectivity index (χ4n) is 2.32. The van der Waals surface area contributed by atoms with E-state index in [4.69, 9.17) is 10.2 Å². The molecule has 1 aliphatic rings. The quantitative estimate of drug-likeness (QED) is 0.842. The molecule has 1 aromatic rings. The van der Waals surface area contributed by atoms with Crippen molar-refractivity contribution in [1.29, 1.82) is 0 Å². The minimum Gasteiger partial charge on any atom is -0.464 e. The number of nitrogens with one attached hydrogen (secondary N) is 1. The van der Waals surface area contributed by atoms with Crippen LogP contribution in [-0.4, -0.2) is 11.9 Å². The molecule has 2 rings (SSSR count). The Kier molecular flexibility index (Phi) is 3.84. The highest BCUT2D eigenvalue weighted by molar-refractivity contribution is 5.72. The molecule has 1 aromatic heterocycles. The van der Waals surface area contributed by atoms with Crippen LogP contribution in [0, 0.1) is 0 Å². The molecule has 1 heterocycles. The van der Waals surface area contributed by atoms with Crippen molar-refractivity contribution in [2.45, 2.75) is 51.1 Å². The first kappa shape index (κ1) is 12.2. The van der Waals surface area contributed by atoms with Crippen LogP contribution in [0.5, 0.6) is 0 Å². The van der Waals surface area contributed by atoms with Gasteiger partial charge in [0, 0.05) is 18.9 Å². The monoisotopic (exact) mass is 236 g/mol. The van der Waals surface area contributed by atoms with Gasteiger partial charge in [-0.15, -0.1) is 0 Å². The van der Waals surface area contributed by atoms with Crippen molar-refractivity contribution >= 4 is 5.91 Å². The Balaban J connectivity index is 1.91. The minimum absolute atomic E-state index is 0.0356. The molecule has 0 aliphatic heterocycles. The van der Waals surface area contributed by atoms with Crippen LogP contribution in [-0.2, 0) is 11.3 Å². The molecule has 17 heavy (non-hydrogen) atoms. The zero-order valence-electron chi connectivity index (χ0n) is 10.2. The van der Waals surface area contributed by atoms with Crippen LogP contribution < -0.4 is 11.1 Å². The molecule has 94 valence electrons. The highest BCUT2D eigenvalue weighted by Crippen LogP contribution is 2.33. The molecular formula is C13H20N2O2. The molecule has 0 bridgehead atoms. The molecule has 1 aliphatic carbocycles. The average molecular weight is 236 g/mol. The van der Waals surface area contributed by atoms with E-state index in [0.717, 1.165) is 37.2 Å². The third-order valence-corrected chi connectivity index (χ3v) is 3.37. The maximum absolute atomic E-state index is 10.8. The Hall–Kier alpha value is -1.29. The number of nitrogens with two attached hydrogens (primary N) is 1. The molecule has 1 fully saturated rings. The predicted molar refractivity (Wildman–Crippen MR) is 65.4 cm³/mol. The SMILES string of the molecule is CC(=O)NCc1ccc(C2CCC(N)CC2)o1. The fraction of sp³-hybridized carbons (Fsp3) is 0.615. The summed E-state index contributed by atoms with van der Waals surface area (Å²) in [4.78, 5) is 10.8. The third kappa shape index (κ3) is 3.33. The Morgan fingerprint density at radius 1 is 1.41 bits per heavy atom. The Morgan fingerprint density at radius 2 is 2.12 bits per heavy atom. The largest absolute Gasteiger partial charge is 0.464 e. The van der Waals surface area contributed by atoms with Gasteiger partial charge in [-0.3, -0.25) is 4.79 Å². The summed E-state index contributed by atoms with van der Waals surface area (Å²) in [6, 6.07) is 4.33. The van der Waals surface area contributed by atoms with Crippen molar-refractivity contribution in [3.05, 3.63) is 23.7 Å². The lowest BCUT2D eigenvalue weighted by Gasteiger charge is -2.24. The van der Waals surface area contributed by atoms with E-state index in [9.17, 15) is 4.79 Å². The maximum atomic E-state index is 10.8. The highest BCUT2D eigenvalue weighted by Gasteiger charge is 2.22. The topological polar surface area (TPSA) is 68.3 Å². The average Bonchev–Trinajstić information content (AvgIpc) is 2.76. The van der Waals surface area contributed by atoms with Crippen molar-refractivity contribution in [3.8, 4) is 0 Å². The maximum Gasteiger partial charge on any atom is 0.217 e. The van der Waals surface area contributed by atoms with E-state index in [2.05, 4.69) is 5.32 Å². The lowest BCUT2D eigenvalue weighted by Crippen LogP contribution is -2.25. The van der Waals surface area contributed by atoms with Gasteiger partial charge >= 0.3 is 0 Å². The van der Waals surface area contributed by atoms with Crippen LogP contribution in [0.1, 0.15) is 50.0 Å². The van der Waals surface area contributed by atoms with Gasteiger partial charge in [-0.25, -0.2) is 0 Å². The predicted octanol–water partition coefficient (Wildman–Crippen LogP) is 1.90. The molecule has 0 aromatic carbocycles. The van der Waals surface area contributed by atoms with Gasteiger partial charge in [0.25, 0.3) is 0 Å². The number of carbonyl (C=O) groups excluding carboxylic acids is 1. The number of carbonyl (C=O) groups is 1. The van der Waals surface area contributed by atoms with Gasteiger partial charge in [0.2, 0.25) is 5.91 Å². The van der Waals surface area contributed by atoms with Crippen LogP contribution >= 0.6 is 0 Å². The van der Waals surface area contributed by atoms with Crippen molar-refractivity contribution in [2.24, 2.45) is 5.73 Å². The van der Waals surface area contributed by atoms with E-state index in [1.54, 1.807) is 0 Å². The molecule has 1 saturated carbocycles. The van der Waals surface area contributed by atoms with E-state index in [-0.39, 0.29) is 5.91 Å². The van der Waals surface area contributed by atoms with E-state index < -0.39 is 0 Å². The number of amides is 1. The molecule has 3 N–H and O–H groups in total. The summed E-state index contributed by atoms with van der Waals surface area (Å²) in [5.41, 5.74) is 5.88. The molecular weight excluding hydrogens is 216 g/mol. The van der Waals surface area contributed by atoms with Gasteiger partial charge in [-0.2, -0.15) is 0 Å². The van der Waals surface area contributed by atoms with Crippen molar-refractivity contribution in [1.82, 2.24) is 5.32 Å². The fourth-order valence-corrected chi connectivity index (χ4v) is 2.32. The van der Waals surface area contributed by atoms with E-state index in [1.807, 2.05) is 12.1 Å². The Labute approximate surface area is 102 Å². The molecule has 4 heteroatoms. The van der Waals surface area contributed by atoms with Gasteiger partial charge in [0.05, 0.1) is 6.54 Å². The first-order chi connectivity index (χ1) is 8.15. The van der Waals surface area contributed by atoms with Crippen molar-refractivity contribution in [2.75, 3.05) is 0 Å². The first-order valence-corrected chi connectivity index (χ1v) is 6.24. The summed E-state index contributed by atoms with van der Waals surface area (Å²) in [7, 11) is 0. The minimum atomic E-state index is -0.0356. The van der Waals surface area contributed by atoms with Crippen molar-refractivity contribution < 1.29 is 9.21 Å². The zero-order valence-corrected chi connectivity index (χ0v) is 10.2. The van der Waals surface area contributed by atoms with E-state index in [0.29, 0.717) is 18.5 Å². The highest BCUT2D eigenvalue weighted by atomic mass is 16.3. The van der Waals surface area contributed by atoms with Gasteiger partial charge in [0.1, 0.15) is 11.5 Å². The number of hydrogen-bond acceptors (Lipinski definition) is 3. The summed E-state index contributed by atoms with van der Waals surface area (Å²) in [5.74, 6) is 2.33. The van der Waals surface area contributed by atoms with E-state index >= 15 is 0 Å². The first-order valence-electron chi connectivity index (χ1n) is 6.24. The number of rotatable bonds is 3. The molecule has 0 radical (unpaired) electrons. The van der Waals surface area contributed by atoms with Crippen LogP contribution in [0.25, 0.3) is 0 Å². The van der Waals surface area contributed by atoms with Gasteiger partial charge in [0.15, 0.2) is 0 Å². The van der Waals surface area contributed by atoms with Gasteiger partial charge in [-0.1, -0.05) is 0 Å². The summed E-state index contributed by atoms with van der Waals surface area (Å²) in [5, 5.41) is 2.73. The molecule has 0 spiro atoms. The van der Waals surface area contributed by atoms with Crippen LogP contribution in [0.3, 0.4) is 0 Å². The smallest absolute Gasteiger partial charge is 0.217 e. The zero-order chi connectivity index (χ0) is 12.3. The number of hydrogen-bond donors (Lipinski definition) is 2. The standard InChI is InChI=1S/C13H20N2O2/c1-9(16)15-8-12-6-7-13(17-12)10-2-4-11(14)5-3-10/h6-7,10-11H,2-5,8,14H2,1H3,(H,15,16). The summed E-state index contributed by atoms with van der Waals surface area (Å²) in [6.07, 6.45) is 4.36. The van der Waals surface area contributed by atoms with Crippen LogP contribution in [0.4, 0.5) is 0 Å². The van der Waals surface area contributed by atoms with E-state index in [1.165, 1.54) is 6.92 Å². The number of furan rings is 1. The second kappa shape index (κ2) is 5.36. The summed E-state index contributed by atoms with van der Waals surface area (Å²) < 4.78 is 5.75. The molecule has 4 nitrogen and oxygen atoms in total. The summed E-state index contributed by atoms with van der Waals surface area (Å²) in [6.45, 7) is 1.98. The Bertz CT molecular complexity index is 379. The second-order valence-electron chi connectivity index (χ2n) is 4.83. The third-order valence-electron chi connectivity index (χ3n) is 3.37. The van der Waals surface area contributed by atoms with Gasteiger partial charge in [-0.05, 0) is 37.8 Å². The lowest BCUT2D eigenvalue weighted by atomic mass is 9.85. The molecule has 1 amide bonds. The Morgan fingerprint density at radius 3 is 2.76 bits per heavy atom. The summed E-state index contributed by atoms with van der Waals surface area (Å²) >= 11 is 0. The molecule has 0 atom stereocenters. The van der Waals surface area contributed by atoms with Crippen molar-refractivity contribution in [3.63, 3.8) is 0 Å². The van der Waals surface area contributed by atoms with Crippen LogP contribution in [0.2, 0.25) is 0 Å². The van der Waals surface area contributed by atoms with Crippen LogP contribution in [0.15, 0.2) is 16.5 Å². The normalized spacial score (nSPS) is 24.6. The van der Waals surface area contributed by atoms with Gasteiger partial charge < -0.3 is 15.5 Å². The second-order valence-corrected chi connectivity index (χ2v) is 4.83. The molecule has 0 unspecified atom stereocenters. The lowest BCUT2D eigenvalue weighted by molar-refractivity contribution is -0.119. The molecule has 0 saturated heterocycles.